The Balaban J connectivity index is 1.97. The smallest absolute Gasteiger partial charge is 0.316 e. The van der Waals surface area contributed by atoms with E-state index in [9.17, 15) is 9.59 Å². The molecule has 0 saturated heterocycles. The summed E-state index contributed by atoms with van der Waals surface area (Å²) >= 11 is 7.28. The molecule has 0 heterocycles. The highest BCUT2D eigenvalue weighted by atomic mass is 35.5. The Hall–Kier alpha value is -2.18. The number of hydrogen-bond donors (Lipinski definition) is 3. The molecule has 2 aromatic carbocycles. The molecule has 120 valence electrons. The molecule has 0 aliphatic heterocycles. The fourth-order valence-corrected chi connectivity index (χ4v) is 2.83. The largest absolute Gasteiger partial charge is 0.351 e. The van der Waals surface area contributed by atoms with E-state index in [2.05, 4.69) is 10.6 Å². The fourth-order valence-electron chi connectivity index (χ4n) is 1.83. The van der Waals surface area contributed by atoms with Crippen molar-refractivity contribution < 1.29 is 9.59 Å². The van der Waals surface area contributed by atoms with Gasteiger partial charge in [0.25, 0.3) is 0 Å². The molecule has 5 nitrogen and oxygen atoms in total. The minimum atomic E-state index is -0.653. The van der Waals surface area contributed by atoms with Gasteiger partial charge in [0.1, 0.15) is 0 Å². The molecule has 0 saturated carbocycles. The molecule has 0 bridgehead atoms. The van der Waals surface area contributed by atoms with E-state index in [0.29, 0.717) is 16.4 Å². The molecule has 0 aromatic heterocycles. The van der Waals surface area contributed by atoms with Gasteiger partial charge in [-0.2, -0.15) is 0 Å². The van der Waals surface area contributed by atoms with Crippen LogP contribution < -0.4 is 16.4 Å². The Morgan fingerprint density at radius 1 is 1.09 bits per heavy atom. The minimum Gasteiger partial charge on any atom is -0.351 e. The van der Waals surface area contributed by atoms with E-state index < -0.39 is 6.03 Å². The molecule has 0 radical (unpaired) electrons. The second kappa shape index (κ2) is 7.89. The molecule has 4 N–H and O–H groups in total. The Labute approximate surface area is 143 Å². The average molecular weight is 350 g/mol. The average Bonchev–Trinajstić information content (AvgIpc) is 2.49. The molecular weight excluding hydrogens is 334 g/mol. The van der Waals surface area contributed by atoms with Gasteiger partial charge < -0.3 is 16.4 Å². The molecule has 7 heteroatoms. The molecule has 2 aromatic rings. The summed E-state index contributed by atoms with van der Waals surface area (Å²) in [6.45, 7) is 1.82. The van der Waals surface area contributed by atoms with Crippen LogP contribution in [0, 0.1) is 0 Å². The van der Waals surface area contributed by atoms with Crippen molar-refractivity contribution in [2.75, 3.05) is 10.6 Å². The number of nitrogens with two attached hydrogens (primary N) is 1. The van der Waals surface area contributed by atoms with Crippen LogP contribution in [-0.2, 0) is 4.79 Å². The lowest BCUT2D eigenvalue weighted by atomic mass is 10.2. The predicted molar refractivity (Wildman–Crippen MR) is 95.0 cm³/mol. The number of thioether (sulfide) groups is 1. The van der Waals surface area contributed by atoms with Gasteiger partial charge in [-0.3, -0.25) is 4.79 Å². The maximum Gasteiger partial charge on any atom is 0.316 e. The highest BCUT2D eigenvalue weighted by Gasteiger charge is 2.14. The molecule has 2 rings (SSSR count). The molecule has 23 heavy (non-hydrogen) atoms. The van der Waals surface area contributed by atoms with Crippen LogP contribution >= 0.6 is 23.4 Å². The molecule has 1 unspecified atom stereocenters. The summed E-state index contributed by atoms with van der Waals surface area (Å²) in [4.78, 5) is 24.1. The summed E-state index contributed by atoms with van der Waals surface area (Å²) in [5, 5.41) is 5.64. The third kappa shape index (κ3) is 5.50. The van der Waals surface area contributed by atoms with Crippen molar-refractivity contribution in [3.63, 3.8) is 0 Å². The van der Waals surface area contributed by atoms with Gasteiger partial charge in [0.15, 0.2) is 0 Å². The maximum absolute atomic E-state index is 12.2. The first kappa shape index (κ1) is 17.2. The molecule has 1 atom stereocenters. The number of rotatable bonds is 5. The summed E-state index contributed by atoms with van der Waals surface area (Å²) in [6.07, 6.45) is 0. The number of carbonyl (C=O) groups is 2. The summed E-state index contributed by atoms with van der Waals surface area (Å²) in [5.74, 6) is -0.138. The lowest BCUT2D eigenvalue weighted by molar-refractivity contribution is -0.115. The van der Waals surface area contributed by atoms with Gasteiger partial charge in [-0.15, -0.1) is 11.8 Å². The van der Waals surface area contributed by atoms with Crippen LogP contribution in [0.4, 0.5) is 16.2 Å². The first-order valence-electron chi connectivity index (χ1n) is 6.83. The Kier molecular flexibility index (Phi) is 5.90. The molecule has 0 spiro atoms. The van der Waals surface area contributed by atoms with Crippen molar-refractivity contribution in [2.45, 2.75) is 17.1 Å². The molecule has 0 aliphatic rings. The van der Waals surface area contributed by atoms with Crippen molar-refractivity contribution >= 4 is 46.7 Å². The Bertz CT molecular complexity index is 707. The van der Waals surface area contributed by atoms with Crippen LogP contribution in [0.2, 0.25) is 5.02 Å². The second-order valence-electron chi connectivity index (χ2n) is 4.77. The van der Waals surface area contributed by atoms with Gasteiger partial charge in [0.2, 0.25) is 5.91 Å². The fraction of sp³-hybridized carbons (Fsp3) is 0.125. The number of halogens is 1. The van der Waals surface area contributed by atoms with Gasteiger partial charge >= 0.3 is 6.03 Å². The van der Waals surface area contributed by atoms with Gasteiger partial charge in [-0.25, -0.2) is 4.79 Å². The summed E-state index contributed by atoms with van der Waals surface area (Å²) < 4.78 is 0. The lowest BCUT2D eigenvalue weighted by Gasteiger charge is -2.13. The number of primary amides is 1. The van der Waals surface area contributed by atoms with Crippen molar-refractivity contribution in [3.05, 3.63) is 53.6 Å². The lowest BCUT2D eigenvalue weighted by Crippen LogP contribution is -2.23. The van der Waals surface area contributed by atoms with E-state index in [4.69, 9.17) is 17.3 Å². The number of anilines is 2. The molecule has 3 amide bonds. The molecule has 0 fully saturated rings. The van der Waals surface area contributed by atoms with Crippen LogP contribution in [-0.4, -0.2) is 17.2 Å². The minimum absolute atomic E-state index is 0.138. The van der Waals surface area contributed by atoms with Crippen molar-refractivity contribution in [3.8, 4) is 0 Å². The first-order valence-corrected chi connectivity index (χ1v) is 8.09. The van der Waals surface area contributed by atoms with E-state index in [0.717, 1.165) is 4.90 Å². The standard InChI is InChI=1S/C16H16ClN3O2S/c1-10(23-14-7-5-11(17)6-8-14)15(21)19-12-3-2-4-13(9-12)20-16(18)22/h2-10H,1H3,(H,19,21)(H3,18,20,22). The van der Waals surface area contributed by atoms with Crippen LogP contribution in [0.5, 0.6) is 0 Å². The SMILES string of the molecule is CC(Sc1ccc(Cl)cc1)C(=O)Nc1cccc(NC(N)=O)c1. The number of benzene rings is 2. The highest BCUT2D eigenvalue weighted by Crippen LogP contribution is 2.26. The van der Waals surface area contributed by atoms with Crippen LogP contribution in [0.1, 0.15) is 6.92 Å². The Morgan fingerprint density at radius 2 is 1.70 bits per heavy atom. The van der Waals surface area contributed by atoms with Crippen LogP contribution in [0.3, 0.4) is 0 Å². The number of hydrogen-bond acceptors (Lipinski definition) is 3. The van der Waals surface area contributed by atoms with Crippen LogP contribution in [0.25, 0.3) is 0 Å². The normalized spacial score (nSPS) is 11.6. The van der Waals surface area contributed by atoms with Crippen molar-refractivity contribution in [1.29, 1.82) is 0 Å². The zero-order valence-electron chi connectivity index (χ0n) is 12.4. The molecule has 0 aliphatic carbocycles. The van der Waals surface area contributed by atoms with Crippen molar-refractivity contribution in [1.82, 2.24) is 0 Å². The monoisotopic (exact) mass is 349 g/mol. The number of carbonyl (C=O) groups excluding carboxylic acids is 2. The summed E-state index contributed by atoms with van der Waals surface area (Å²) in [7, 11) is 0. The van der Waals surface area contributed by atoms with E-state index in [-0.39, 0.29) is 11.2 Å². The summed E-state index contributed by atoms with van der Waals surface area (Å²) in [5.41, 5.74) is 6.18. The Morgan fingerprint density at radius 3 is 2.30 bits per heavy atom. The highest BCUT2D eigenvalue weighted by molar-refractivity contribution is 8.00. The topological polar surface area (TPSA) is 84.2 Å². The van der Waals surface area contributed by atoms with Gasteiger partial charge in [0, 0.05) is 21.3 Å². The van der Waals surface area contributed by atoms with Gasteiger partial charge in [-0.05, 0) is 49.4 Å². The predicted octanol–water partition coefficient (Wildman–Crippen LogP) is 3.95. The van der Waals surface area contributed by atoms with Crippen molar-refractivity contribution in [2.24, 2.45) is 5.73 Å². The van der Waals surface area contributed by atoms with E-state index in [1.54, 1.807) is 36.4 Å². The third-order valence-corrected chi connectivity index (χ3v) is 4.26. The third-order valence-electron chi connectivity index (χ3n) is 2.89. The number of urea groups is 1. The van der Waals surface area contributed by atoms with E-state index in [1.807, 2.05) is 19.1 Å². The van der Waals surface area contributed by atoms with Crippen LogP contribution in [0.15, 0.2) is 53.4 Å². The zero-order chi connectivity index (χ0) is 16.8. The first-order chi connectivity index (χ1) is 10.9. The summed E-state index contributed by atoms with van der Waals surface area (Å²) in [6, 6.07) is 13.4. The maximum atomic E-state index is 12.2. The number of amides is 3. The van der Waals surface area contributed by atoms with Gasteiger partial charge in [-0.1, -0.05) is 17.7 Å². The number of nitrogens with one attached hydrogen (secondary N) is 2. The second-order valence-corrected chi connectivity index (χ2v) is 6.62. The van der Waals surface area contributed by atoms with Gasteiger partial charge in [0.05, 0.1) is 5.25 Å². The zero-order valence-corrected chi connectivity index (χ0v) is 13.9. The molecular formula is C16H16ClN3O2S. The van der Waals surface area contributed by atoms with E-state index >= 15 is 0 Å². The quantitative estimate of drug-likeness (QED) is 0.714. The van der Waals surface area contributed by atoms with E-state index in [1.165, 1.54) is 11.8 Å².